The molecule has 0 bridgehead atoms. The number of imidazole rings is 1. The molecular weight excluding hydrogens is 698 g/mol. The average Bonchev–Trinajstić information content (AvgIpc) is 3.66. The van der Waals surface area contributed by atoms with Crippen molar-refractivity contribution in [1.29, 1.82) is 0 Å². The normalized spacial score (nSPS) is 35.2. The molecule has 0 spiro atoms. The van der Waals surface area contributed by atoms with Gasteiger partial charge in [0, 0.05) is 12.5 Å². The van der Waals surface area contributed by atoms with Crippen LogP contribution in [0.5, 0.6) is 0 Å². The zero-order valence-corrected chi connectivity index (χ0v) is 28.1. The highest BCUT2D eigenvalue weighted by Crippen LogP contribution is 2.40. The first-order chi connectivity index (χ1) is 24.9. The van der Waals surface area contributed by atoms with Gasteiger partial charge >= 0.3 is 6.16 Å². The minimum atomic E-state index is -1.77. The number of anilines is 1. The third-order valence-corrected chi connectivity index (χ3v) is 9.50. The summed E-state index contributed by atoms with van der Waals surface area (Å²) in [6.07, 6.45) is -13.1. The Kier molecular flexibility index (Phi) is 13.6. The molecule has 4 heterocycles. The van der Waals surface area contributed by atoms with Gasteiger partial charge in [0.1, 0.15) is 55.4 Å². The Hall–Kier alpha value is -3.32. The van der Waals surface area contributed by atoms with E-state index in [2.05, 4.69) is 21.5 Å². The smallest absolute Gasteiger partial charge is 0.434 e. The molecule has 1 aliphatic carbocycles. The molecule has 21 heteroatoms. The van der Waals surface area contributed by atoms with Crippen molar-refractivity contribution in [1.82, 2.24) is 19.5 Å². The van der Waals surface area contributed by atoms with Crippen molar-refractivity contribution in [2.24, 2.45) is 5.92 Å². The lowest BCUT2D eigenvalue weighted by Crippen LogP contribution is -2.64. The summed E-state index contributed by atoms with van der Waals surface area (Å²) < 4.78 is 34.0. The minimum Gasteiger partial charge on any atom is -0.434 e. The van der Waals surface area contributed by atoms with E-state index in [1.807, 2.05) is 0 Å². The summed E-state index contributed by atoms with van der Waals surface area (Å²) in [6.45, 7) is 2.70. The van der Waals surface area contributed by atoms with Gasteiger partial charge in [-0.25, -0.2) is 9.78 Å². The summed E-state index contributed by atoms with van der Waals surface area (Å²) in [5.41, 5.74) is 6.10. The lowest BCUT2D eigenvalue weighted by molar-refractivity contribution is -0.359. The molecule has 4 unspecified atom stereocenters. The number of aromatic nitrogens is 4. The van der Waals surface area contributed by atoms with Crippen molar-refractivity contribution in [3.8, 4) is 0 Å². The van der Waals surface area contributed by atoms with E-state index < -0.39 is 104 Å². The van der Waals surface area contributed by atoms with Crippen LogP contribution in [0.3, 0.4) is 0 Å². The van der Waals surface area contributed by atoms with Gasteiger partial charge in [-0.1, -0.05) is 13.0 Å². The van der Waals surface area contributed by atoms with Crippen LogP contribution in [0.4, 0.5) is 10.7 Å². The van der Waals surface area contributed by atoms with Crippen molar-refractivity contribution >= 4 is 23.3 Å². The molecule has 0 radical (unpaired) electrons. The number of ether oxygens (including phenoxy) is 6. The molecular formula is C31H47N5O16. The van der Waals surface area contributed by atoms with Crippen molar-refractivity contribution in [2.75, 3.05) is 38.8 Å². The van der Waals surface area contributed by atoms with Crippen LogP contribution in [0, 0.1) is 5.92 Å². The Morgan fingerprint density at radius 3 is 2.31 bits per heavy atom. The second kappa shape index (κ2) is 17.7. The second-order valence-electron chi connectivity index (χ2n) is 13.0. The second-order valence-corrected chi connectivity index (χ2v) is 13.0. The number of H-pyrrole nitrogens is 1. The molecule has 3 aliphatic rings. The standard InChI is InChI=1S/C31H47N5O16/c1-13-14(16(39)8-15(13)36-12-33-19-26(36)34-30(32)35-27(19)45)11-49-31(46)48-7-5-3-2-4-6-47-28-24(44)22(42)25(18(10-38)51-28)52-29-23(43)21(41)20(40)17(9-37)50-29/h12,14-18,20-25,28-29,37-44H,1-11H2,(H3,32,34,35,45)/t14-,15-,16-,17?,18?,20-,21-,22+,23?,24?,25+,28+,29-/m0/s1. The summed E-state index contributed by atoms with van der Waals surface area (Å²) in [7, 11) is 0. The SMILES string of the molecule is C=C1[C@H](COC(=O)OCCCCCCO[C@@H]2OC(CO)[C@@H](O[C@@H]3OC(CO)[C@H](O)[C@H](O)C3O)[C@H](O)C2O)[C@@H](O)C[C@@H]1n1cnc2c(=O)[nH]c(N)nc21. The summed E-state index contributed by atoms with van der Waals surface area (Å²) in [6, 6.07) is -0.451. The number of hydrogen-bond acceptors (Lipinski definition) is 19. The number of aromatic amines is 1. The topological polar surface area (TPSA) is 324 Å². The average molecular weight is 746 g/mol. The van der Waals surface area contributed by atoms with E-state index in [-0.39, 0.29) is 43.4 Å². The Morgan fingerprint density at radius 1 is 0.923 bits per heavy atom. The van der Waals surface area contributed by atoms with Gasteiger partial charge in [-0.3, -0.25) is 9.78 Å². The number of aliphatic hydroxyl groups excluding tert-OH is 8. The quantitative estimate of drug-likeness (QED) is 0.0481. The first-order valence-corrected chi connectivity index (χ1v) is 16.9. The minimum absolute atomic E-state index is 0.0732. The van der Waals surface area contributed by atoms with E-state index in [1.165, 1.54) is 6.33 Å². The third-order valence-electron chi connectivity index (χ3n) is 9.50. The van der Waals surface area contributed by atoms with Crippen LogP contribution in [0.1, 0.15) is 38.1 Å². The predicted molar refractivity (Wildman–Crippen MR) is 173 cm³/mol. The Bertz CT molecular complexity index is 1550. The lowest BCUT2D eigenvalue weighted by Gasteiger charge is -2.45. The number of fused-ring (bicyclic) bond motifs is 1. The van der Waals surface area contributed by atoms with Crippen molar-refractivity contribution < 1.29 is 74.1 Å². The summed E-state index contributed by atoms with van der Waals surface area (Å²) >= 11 is 0. The van der Waals surface area contributed by atoms with Crippen LogP contribution in [-0.4, -0.2) is 167 Å². The Morgan fingerprint density at radius 2 is 1.60 bits per heavy atom. The number of carbonyl (C=O) groups excluding carboxylic acids is 1. The zero-order chi connectivity index (χ0) is 37.7. The molecule has 5 rings (SSSR count). The number of nitrogens with zero attached hydrogens (tertiary/aromatic N) is 3. The van der Waals surface area contributed by atoms with Crippen LogP contribution in [-0.2, 0) is 28.4 Å². The highest BCUT2D eigenvalue weighted by molar-refractivity contribution is 5.71. The number of aliphatic hydroxyl groups is 8. The van der Waals surface area contributed by atoms with E-state index in [0.717, 1.165) is 0 Å². The summed E-state index contributed by atoms with van der Waals surface area (Å²) in [4.78, 5) is 35.0. The fourth-order valence-electron chi connectivity index (χ4n) is 6.53. The van der Waals surface area contributed by atoms with Gasteiger partial charge in [0.2, 0.25) is 5.95 Å². The number of unbranched alkanes of at least 4 members (excludes halogenated alkanes) is 3. The van der Waals surface area contributed by atoms with Crippen LogP contribution < -0.4 is 11.3 Å². The van der Waals surface area contributed by atoms with Crippen LogP contribution in [0.25, 0.3) is 11.2 Å². The maximum absolute atomic E-state index is 12.2. The summed E-state index contributed by atoms with van der Waals surface area (Å²) in [5.74, 6) is -0.664. The van der Waals surface area contributed by atoms with Crippen molar-refractivity contribution in [3.05, 3.63) is 28.8 Å². The van der Waals surface area contributed by atoms with E-state index in [9.17, 15) is 50.4 Å². The predicted octanol–water partition coefficient (Wildman–Crippen LogP) is -3.47. The molecule has 52 heavy (non-hydrogen) atoms. The first-order valence-electron chi connectivity index (χ1n) is 16.9. The number of nitrogen functional groups attached to an aromatic ring is 1. The van der Waals surface area contributed by atoms with Gasteiger partial charge in [-0.05, 0) is 31.3 Å². The molecule has 13 atom stereocenters. The molecule has 292 valence electrons. The van der Waals surface area contributed by atoms with Gasteiger partial charge in [-0.15, -0.1) is 0 Å². The summed E-state index contributed by atoms with van der Waals surface area (Å²) in [5, 5.41) is 81.4. The van der Waals surface area contributed by atoms with Gasteiger partial charge in [0.05, 0.1) is 38.3 Å². The molecule has 2 saturated heterocycles. The first kappa shape index (κ1) is 39.9. The molecule has 2 aliphatic heterocycles. The molecule has 21 nitrogen and oxygen atoms in total. The number of nitrogens with two attached hydrogens (primary N) is 1. The van der Waals surface area contributed by atoms with E-state index in [4.69, 9.17) is 34.2 Å². The maximum Gasteiger partial charge on any atom is 0.508 e. The van der Waals surface area contributed by atoms with Crippen LogP contribution >= 0.6 is 0 Å². The van der Waals surface area contributed by atoms with Crippen molar-refractivity contribution in [2.45, 2.75) is 106 Å². The monoisotopic (exact) mass is 745 g/mol. The molecule has 1 saturated carbocycles. The largest absolute Gasteiger partial charge is 0.508 e. The van der Waals surface area contributed by atoms with Crippen LogP contribution in [0.2, 0.25) is 0 Å². The van der Waals surface area contributed by atoms with Crippen LogP contribution in [0.15, 0.2) is 23.3 Å². The van der Waals surface area contributed by atoms with Gasteiger partial charge in [-0.2, -0.15) is 4.98 Å². The fourth-order valence-corrected chi connectivity index (χ4v) is 6.53. The number of nitrogens with one attached hydrogen (secondary N) is 1. The lowest BCUT2D eigenvalue weighted by atomic mass is 9.97. The van der Waals surface area contributed by atoms with Gasteiger partial charge in [0.15, 0.2) is 23.7 Å². The van der Waals surface area contributed by atoms with E-state index >= 15 is 0 Å². The maximum atomic E-state index is 12.2. The highest BCUT2D eigenvalue weighted by atomic mass is 16.7. The zero-order valence-electron chi connectivity index (χ0n) is 28.1. The molecule has 3 fully saturated rings. The van der Waals surface area contributed by atoms with Crippen molar-refractivity contribution in [3.63, 3.8) is 0 Å². The van der Waals surface area contributed by atoms with Gasteiger partial charge < -0.3 is 79.6 Å². The number of carbonyl (C=O) groups is 1. The number of rotatable bonds is 15. The van der Waals surface area contributed by atoms with E-state index in [0.29, 0.717) is 31.3 Å². The molecule has 0 amide bonds. The Balaban J connectivity index is 0.965. The number of hydrogen-bond donors (Lipinski definition) is 10. The molecule has 0 aromatic carbocycles. The third kappa shape index (κ3) is 8.72. The fraction of sp³-hybridized carbons (Fsp3) is 0.742. The molecule has 2 aromatic rings. The van der Waals surface area contributed by atoms with Gasteiger partial charge in [0.25, 0.3) is 5.56 Å². The molecule has 11 N–H and O–H groups in total. The molecule has 2 aromatic heterocycles. The Labute approximate surface area is 296 Å². The van der Waals surface area contributed by atoms with E-state index in [1.54, 1.807) is 4.57 Å². The highest BCUT2D eigenvalue weighted by Gasteiger charge is 2.50.